The van der Waals surface area contributed by atoms with Gasteiger partial charge in [-0.2, -0.15) is 0 Å². The summed E-state index contributed by atoms with van der Waals surface area (Å²) in [4.78, 5) is 0. The second-order valence-corrected chi connectivity index (χ2v) is 5.75. The van der Waals surface area contributed by atoms with Crippen LogP contribution >= 0.6 is 39.1 Å². The Morgan fingerprint density at radius 2 is 2.11 bits per heavy atom. The van der Waals surface area contributed by atoms with Gasteiger partial charge in [-0.05, 0) is 47.1 Å². The minimum absolute atomic E-state index is 0.0895. The lowest BCUT2D eigenvalue weighted by molar-refractivity contribution is 0.533. The molecule has 1 heterocycles. The molecule has 19 heavy (non-hydrogen) atoms. The second-order valence-electron chi connectivity index (χ2n) is 4.18. The third-order valence-corrected chi connectivity index (χ3v) is 4.23. The highest BCUT2D eigenvalue weighted by Gasteiger charge is 2.19. The van der Waals surface area contributed by atoms with Crippen LogP contribution in [0.5, 0.6) is 0 Å². The van der Waals surface area contributed by atoms with Gasteiger partial charge >= 0.3 is 0 Å². The van der Waals surface area contributed by atoms with Crippen molar-refractivity contribution in [2.24, 2.45) is 7.05 Å². The molecule has 0 aliphatic rings. The average molecular weight is 364 g/mol. The molecule has 1 N–H and O–H groups in total. The zero-order valence-electron chi connectivity index (χ0n) is 10.5. The van der Waals surface area contributed by atoms with E-state index in [1.54, 1.807) is 4.68 Å². The molecule has 2 rings (SSSR count). The first-order valence-corrected chi connectivity index (χ1v) is 7.24. The third-order valence-electron chi connectivity index (χ3n) is 2.93. The monoisotopic (exact) mass is 362 g/mol. The Morgan fingerprint density at radius 3 is 2.63 bits per heavy atom. The van der Waals surface area contributed by atoms with Crippen molar-refractivity contribution < 1.29 is 0 Å². The van der Waals surface area contributed by atoms with E-state index in [4.69, 9.17) is 23.2 Å². The molecule has 0 bridgehead atoms. The van der Waals surface area contributed by atoms with E-state index >= 15 is 0 Å². The maximum Gasteiger partial charge on any atom is 0.153 e. The van der Waals surface area contributed by atoms with Crippen LogP contribution < -0.4 is 5.32 Å². The fourth-order valence-corrected chi connectivity index (χ4v) is 2.87. The molecular weight excluding hydrogens is 351 g/mol. The molecule has 102 valence electrons. The van der Waals surface area contributed by atoms with Gasteiger partial charge in [0.15, 0.2) is 4.60 Å². The van der Waals surface area contributed by atoms with Gasteiger partial charge in [0, 0.05) is 7.05 Å². The van der Waals surface area contributed by atoms with E-state index < -0.39 is 0 Å². The summed E-state index contributed by atoms with van der Waals surface area (Å²) in [5.41, 5.74) is 2.09. The van der Waals surface area contributed by atoms with Crippen molar-refractivity contribution in [1.82, 2.24) is 20.3 Å². The van der Waals surface area contributed by atoms with Gasteiger partial charge in [-0.3, -0.25) is 0 Å². The average Bonchev–Trinajstić information content (AvgIpc) is 2.71. The Labute approximate surface area is 130 Å². The van der Waals surface area contributed by atoms with Crippen LogP contribution in [0.3, 0.4) is 0 Å². The van der Waals surface area contributed by atoms with Crippen LogP contribution in [0.25, 0.3) is 0 Å². The highest BCUT2D eigenvalue weighted by atomic mass is 79.9. The van der Waals surface area contributed by atoms with Crippen LogP contribution in [-0.2, 0) is 13.5 Å². The molecule has 4 nitrogen and oxygen atoms in total. The molecule has 7 heteroatoms. The molecule has 1 aromatic heterocycles. The zero-order chi connectivity index (χ0) is 14.0. The van der Waals surface area contributed by atoms with Gasteiger partial charge in [-0.1, -0.05) is 34.5 Å². The number of hydrogen-bond acceptors (Lipinski definition) is 3. The summed E-state index contributed by atoms with van der Waals surface area (Å²) in [5, 5.41) is 12.4. The summed E-state index contributed by atoms with van der Waals surface area (Å²) in [7, 11) is 3.77. The van der Waals surface area contributed by atoms with Gasteiger partial charge in [0.2, 0.25) is 0 Å². The number of likely N-dealkylation sites (N-methyl/N-ethyl adjacent to an activating group) is 1. The standard InChI is InChI=1S/C12H13BrCl2N4/c1-16-10(11-12(13)17-18-19(11)2)6-7-3-4-8(14)9(15)5-7/h3-5,10,16H,6H2,1-2H3. The topological polar surface area (TPSA) is 42.7 Å². The highest BCUT2D eigenvalue weighted by molar-refractivity contribution is 9.10. The summed E-state index contributed by atoms with van der Waals surface area (Å²) in [5.74, 6) is 0. The van der Waals surface area contributed by atoms with E-state index in [1.807, 2.05) is 32.3 Å². The van der Waals surface area contributed by atoms with E-state index in [0.717, 1.165) is 22.3 Å². The molecule has 0 aliphatic heterocycles. The third kappa shape index (κ3) is 3.28. The molecule has 0 aliphatic carbocycles. The lowest BCUT2D eigenvalue weighted by Crippen LogP contribution is -2.22. The maximum atomic E-state index is 6.04. The predicted molar refractivity (Wildman–Crippen MR) is 80.7 cm³/mol. The summed E-state index contributed by atoms with van der Waals surface area (Å²) in [6, 6.07) is 5.75. The van der Waals surface area contributed by atoms with E-state index in [9.17, 15) is 0 Å². The van der Waals surface area contributed by atoms with Crippen LogP contribution in [-0.4, -0.2) is 22.0 Å². The van der Waals surface area contributed by atoms with Crippen molar-refractivity contribution in [3.8, 4) is 0 Å². The van der Waals surface area contributed by atoms with Crippen molar-refractivity contribution in [3.05, 3.63) is 44.1 Å². The fraction of sp³-hybridized carbons (Fsp3) is 0.333. The van der Waals surface area contributed by atoms with Crippen molar-refractivity contribution in [3.63, 3.8) is 0 Å². The number of aryl methyl sites for hydroxylation is 1. The number of halogens is 3. The summed E-state index contributed by atoms with van der Waals surface area (Å²) in [6.07, 6.45) is 0.771. The minimum Gasteiger partial charge on any atom is -0.311 e. The maximum absolute atomic E-state index is 6.04. The van der Waals surface area contributed by atoms with Crippen molar-refractivity contribution >= 4 is 39.1 Å². The number of hydrogen-bond donors (Lipinski definition) is 1. The Kier molecular flexibility index (Phi) is 4.84. The van der Waals surface area contributed by atoms with E-state index in [0.29, 0.717) is 10.0 Å². The number of nitrogens with one attached hydrogen (secondary N) is 1. The fourth-order valence-electron chi connectivity index (χ4n) is 1.95. The summed E-state index contributed by atoms with van der Waals surface area (Å²) in [6.45, 7) is 0. The molecule has 0 saturated carbocycles. The molecule has 1 unspecified atom stereocenters. The lowest BCUT2D eigenvalue weighted by Gasteiger charge is -2.17. The molecule has 0 saturated heterocycles. The van der Waals surface area contributed by atoms with Crippen LogP contribution in [0.1, 0.15) is 17.3 Å². The molecule has 0 radical (unpaired) electrons. The van der Waals surface area contributed by atoms with E-state index in [2.05, 4.69) is 31.6 Å². The van der Waals surface area contributed by atoms with Crippen molar-refractivity contribution in [2.45, 2.75) is 12.5 Å². The molecule has 0 spiro atoms. The number of rotatable bonds is 4. The van der Waals surface area contributed by atoms with E-state index in [-0.39, 0.29) is 6.04 Å². The van der Waals surface area contributed by atoms with Crippen LogP contribution in [0.15, 0.2) is 22.8 Å². The smallest absolute Gasteiger partial charge is 0.153 e. The SMILES string of the molecule is CNC(Cc1ccc(Cl)c(Cl)c1)c1c(Br)nnn1C. The molecule has 0 fully saturated rings. The number of aromatic nitrogens is 3. The Hall–Kier alpha value is -0.620. The quantitative estimate of drug-likeness (QED) is 0.905. The Balaban J connectivity index is 2.26. The van der Waals surface area contributed by atoms with Gasteiger partial charge in [0.25, 0.3) is 0 Å². The molecular formula is C12H13BrCl2N4. The van der Waals surface area contributed by atoms with Gasteiger partial charge in [0.1, 0.15) is 0 Å². The van der Waals surface area contributed by atoms with Gasteiger partial charge in [-0.25, -0.2) is 4.68 Å². The summed E-state index contributed by atoms with van der Waals surface area (Å²) < 4.78 is 2.50. The normalized spacial score (nSPS) is 12.7. The molecule has 0 amide bonds. The van der Waals surface area contributed by atoms with E-state index in [1.165, 1.54) is 0 Å². The molecule has 2 aromatic rings. The molecule has 1 aromatic carbocycles. The second kappa shape index (κ2) is 6.22. The lowest BCUT2D eigenvalue weighted by atomic mass is 10.0. The first-order valence-electron chi connectivity index (χ1n) is 5.69. The minimum atomic E-state index is 0.0895. The predicted octanol–water partition coefficient (Wildman–Crippen LogP) is 3.39. The first-order chi connectivity index (χ1) is 9.02. The van der Waals surface area contributed by atoms with Crippen LogP contribution in [0.2, 0.25) is 10.0 Å². The van der Waals surface area contributed by atoms with Crippen molar-refractivity contribution in [2.75, 3.05) is 7.05 Å². The summed E-state index contributed by atoms with van der Waals surface area (Å²) >= 11 is 15.4. The van der Waals surface area contributed by atoms with Crippen molar-refractivity contribution in [1.29, 1.82) is 0 Å². The Morgan fingerprint density at radius 1 is 1.37 bits per heavy atom. The number of benzene rings is 1. The van der Waals surface area contributed by atoms with Crippen LogP contribution in [0, 0.1) is 0 Å². The van der Waals surface area contributed by atoms with Gasteiger partial charge in [-0.15, -0.1) is 5.10 Å². The first kappa shape index (κ1) is 14.8. The zero-order valence-corrected chi connectivity index (χ0v) is 13.6. The van der Waals surface area contributed by atoms with Gasteiger partial charge < -0.3 is 5.32 Å². The Bertz CT molecular complexity index is 566. The van der Waals surface area contributed by atoms with Gasteiger partial charge in [0.05, 0.1) is 21.8 Å². The molecule has 1 atom stereocenters. The highest BCUT2D eigenvalue weighted by Crippen LogP contribution is 2.27. The van der Waals surface area contributed by atoms with Crippen LogP contribution in [0.4, 0.5) is 0 Å². The number of nitrogens with zero attached hydrogens (tertiary/aromatic N) is 3. The largest absolute Gasteiger partial charge is 0.311 e.